The van der Waals surface area contributed by atoms with E-state index in [1.54, 1.807) is 37.3 Å². The highest BCUT2D eigenvalue weighted by molar-refractivity contribution is 9.10. The van der Waals surface area contributed by atoms with Gasteiger partial charge in [-0.2, -0.15) is 0 Å². The minimum Gasteiger partial charge on any atom is -0.478 e. The van der Waals surface area contributed by atoms with Gasteiger partial charge in [0.05, 0.1) is 23.1 Å². The Labute approximate surface area is 156 Å². The summed E-state index contributed by atoms with van der Waals surface area (Å²) in [6, 6.07) is 9.55. The van der Waals surface area contributed by atoms with Crippen LogP contribution in [0.1, 0.15) is 6.92 Å². The highest BCUT2D eigenvalue weighted by Crippen LogP contribution is 2.34. The second-order valence-electron chi connectivity index (χ2n) is 5.29. The molecule has 8 heteroatoms. The smallest absolute Gasteiger partial charge is 0.344 e. The van der Waals surface area contributed by atoms with Crippen molar-refractivity contribution < 1.29 is 18.7 Å². The van der Waals surface area contributed by atoms with E-state index in [1.807, 2.05) is 0 Å². The number of benzene rings is 2. The fourth-order valence-electron chi connectivity index (χ4n) is 2.43. The Morgan fingerprint density at radius 1 is 1.31 bits per heavy atom. The van der Waals surface area contributed by atoms with Crippen LogP contribution in [0.2, 0.25) is 0 Å². The van der Waals surface area contributed by atoms with Crippen molar-refractivity contribution in [2.75, 3.05) is 13.2 Å². The zero-order valence-corrected chi connectivity index (χ0v) is 15.3. The van der Waals surface area contributed by atoms with Gasteiger partial charge in [-0.05, 0) is 31.2 Å². The molecule has 0 saturated carbocycles. The second-order valence-corrected chi connectivity index (χ2v) is 6.21. The molecule has 0 unspecified atom stereocenters. The number of halogens is 2. The Morgan fingerprint density at radius 3 is 2.85 bits per heavy atom. The molecule has 3 rings (SSSR count). The van der Waals surface area contributed by atoms with Crippen molar-refractivity contribution in [1.29, 1.82) is 0 Å². The molecule has 134 valence electrons. The van der Waals surface area contributed by atoms with Crippen LogP contribution in [0.5, 0.6) is 5.75 Å². The fourth-order valence-corrected chi connectivity index (χ4v) is 2.86. The lowest BCUT2D eigenvalue weighted by Gasteiger charge is -2.12. The summed E-state index contributed by atoms with van der Waals surface area (Å²) in [6.07, 6.45) is 0. The summed E-state index contributed by atoms with van der Waals surface area (Å²) in [5.74, 6) is -1.39. The minimum absolute atomic E-state index is 0.132. The number of hydrogen-bond acceptors (Lipinski definition) is 5. The summed E-state index contributed by atoms with van der Waals surface area (Å²) in [5.41, 5.74) is 0.314. The molecule has 0 spiro atoms. The topological polar surface area (TPSA) is 81.3 Å². The van der Waals surface area contributed by atoms with Gasteiger partial charge in [0, 0.05) is 4.47 Å². The molecule has 26 heavy (non-hydrogen) atoms. The number of H-pyrrole nitrogens is 1. The summed E-state index contributed by atoms with van der Waals surface area (Å²) in [7, 11) is 0. The standard InChI is InChI=1S/C18H14BrFN2O4/c1-2-25-15(23)9-26-16-12(7-10(19)8-13(16)20)17-21-14-6-4-3-5-11(14)18(24)22-17/h3-8H,2,9H2,1H3,(H,21,22,24). The fraction of sp³-hybridized carbons (Fsp3) is 0.167. The van der Waals surface area contributed by atoms with Crippen LogP contribution in [0.4, 0.5) is 4.39 Å². The molecule has 1 aromatic heterocycles. The highest BCUT2D eigenvalue weighted by Gasteiger charge is 2.18. The summed E-state index contributed by atoms with van der Waals surface area (Å²) < 4.78 is 24.9. The van der Waals surface area contributed by atoms with E-state index in [9.17, 15) is 14.0 Å². The van der Waals surface area contributed by atoms with Crippen LogP contribution in [0, 0.1) is 5.82 Å². The van der Waals surface area contributed by atoms with Gasteiger partial charge >= 0.3 is 5.97 Å². The second kappa shape index (κ2) is 7.65. The molecule has 1 N–H and O–H groups in total. The molecule has 3 aromatic rings. The number of ether oxygens (including phenoxy) is 2. The third-order valence-corrected chi connectivity index (χ3v) is 3.97. The van der Waals surface area contributed by atoms with Crippen LogP contribution in [0.25, 0.3) is 22.3 Å². The average Bonchev–Trinajstić information content (AvgIpc) is 2.60. The van der Waals surface area contributed by atoms with Gasteiger partial charge in [0.25, 0.3) is 5.56 Å². The van der Waals surface area contributed by atoms with Crippen molar-refractivity contribution in [2.45, 2.75) is 6.92 Å². The molecule has 0 atom stereocenters. The number of nitrogens with one attached hydrogen (secondary N) is 1. The SMILES string of the molecule is CCOC(=O)COc1c(F)cc(Br)cc1-c1nc2ccccc2c(=O)[nH]1. The van der Waals surface area contributed by atoms with Crippen LogP contribution < -0.4 is 10.3 Å². The first-order valence-electron chi connectivity index (χ1n) is 7.76. The maximum atomic E-state index is 14.4. The van der Waals surface area contributed by atoms with E-state index in [2.05, 4.69) is 25.9 Å². The number of hydrogen-bond donors (Lipinski definition) is 1. The number of carbonyl (C=O) groups is 1. The van der Waals surface area contributed by atoms with Gasteiger partial charge in [-0.25, -0.2) is 14.2 Å². The van der Waals surface area contributed by atoms with Gasteiger partial charge in [-0.1, -0.05) is 28.1 Å². The Morgan fingerprint density at radius 2 is 2.08 bits per heavy atom. The van der Waals surface area contributed by atoms with Gasteiger partial charge in [-0.3, -0.25) is 4.79 Å². The van der Waals surface area contributed by atoms with Crippen LogP contribution in [0.15, 0.2) is 45.7 Å². The average molecular weight is 421 g/mol. The van der Waals surface area contributed by atoms with Crippen molar-refractivity contribution in [1.82, 2.24) is 9.97 Å². The molecule has 0 bridgehead atoms. The Balaban J connectivity index is 2.09. The van der Waals surface area contributed by atoms with Crippen LogP contribution in [-0.4, -0.2) is 29.2 Å². The lowest BCUT2D eigenvalue weighted by Crippen LogP contribution is -2.16. The van der Waals surface area contributed by atoms with E-state index in [1.165, 1.54) is 6.07 Å². The largest absolute Gasteiger partial charge is 0.478 e. The summed E-state index contributed by atoms with van der Waals surface area (Å²) in [4.78, 5) is 30.8. The number of carbonyl (C=O) groups excluding carboxylic acids is 1. The van der Waals surface area contributed by atoms with E-state index in [-0.39, 0.29) is 29.3 Å². The summed E-state index contributed by atoms with van der Waals surface area (Å²) in [6.45, 7) is 1.39. The van der Waals surface area contributed by atoms with Gasteiger partial charge in [0.1, 0.15) is 5.82 Å². The van der Waals surface area contributed by atoms with E-state index >= 15 is 0 Å². The summed E-state index contributed by atoms with van der Waals surface area (Å²) >= 11 is 3.21. The summed E-state index contributed by atoms with van der Waals surface area (Å²) in [5, 5.41) is 0.417. The molecule has 1 heterocycles. The number of aromatic nitrogens is 2. The van der Waals surface area contributed by atoms with Crippen molar-refractivity contribution in [3.05, 3.63) is 57.0 Å². The molecule has 6 nitrogen and oxygen atoms in total. The van der Waals surface area contributed by atoms with Gasteiger partial charge in [0.2, 0.25) is 0 Å². The number of rotatable bonds is 5. The predicted octanol–water partition coefficient (Wildman–Crippen LogP) is 3.43. The lowest BCUT2D eigenvalue weighted by atomic mass is 10.1. The van der Waals surface area contributed by atoms with E-state index in [0.717, 1.165) is 0 Å². The first-order valence-corrected chi connectivity index (χ1v) is 8.55. The minimum atomic E-state index is -0.700. The van der Waals surface area contributed by atoms with Gasteiger partial charge in [0.15, 0.2) is 18.2 Å². The van der Waals surface area contributed by atoms with Crippen molar-refractivity contribution in [3.8, 4) is 17.1 Å². The number of aromatic amines is 1. The van der Waals surface area contributed by atoms with E-state index in [4.69, 9.17) is 9.47 Å². The Hall–Kier alpha value is -2.74. The van der Waals surface area contributed by atoms with Gasteiger partial charge in [-0.15, -0.1) is 0 Å². The van der Waals surface area contributed by atoms with Crippen molar-refractivity contribution in [3.63, 3.8) is 0 Å². The quantitative estimate of drug-likeness (QED) is 0.639. The number of para-hydroxylation sites is 1. The Kier molecular flexibility index (Phi) is 5.32. The third kappa shape index (κ3) is 3.75. The van der Waals surface area contributed by atoms with E-state index < -0.39 is 18.4 Å². The van der Waals surface area contributed by atoms with Gasteiger partial charge < -0.3 is 14.5 Å². The third-order valence-electron chi connectivity index (χ3n) is 3.52. The maximum Gasteiger partial charge on any atom is 0.344 e. The number of esters is 1. The number of fused-ring (bicyclic) bond motifs is 1. The molecule has 0 aliphatic carbocycles. The molecule has 0 aliphatic heterocycles. The zero-order chi connectivity index (χ0) is 18.7. The lowest BCUT2D eigenvalue weighted by molar-refractivity contribution is -0.145. The van der Waals surface area contributed by atoms with Crippen LogP contribution >= 0.6 is 15.9 Å². The van der Waals surface area contributed by atoms with Crippen LogP contribution in [-0.2, 0) is 9.53 Å². The first kappa shape index (κ1) is 18.1. The molecule has 0 amide bonds. The molecule has 2 aromatic carbocycles. The highest BCUT2D eigenvalue weighted by atomic mass is 79.9. The predicted molar refractivity (Wildman–Crippen MR) is 97.6 cm³/mol. The molecular weight excluding hydrogens is 407 g/mol. The molecular formula is C18H14BrFN2O4. The molecule has 0 aliphatic rings. The Bertz CT molecular complexity index is 1040. The zero-order valence-electron chi connectivity index (χ0n) is 13.7. The van der Waals surface area contributed by atoms with Crippen LogP contribution in [0.3, 0.4) is 0 Å². The van der Waals surface area contributed by atoms with E-state index in [0.29, 0.717) is 15.4 Å². The monoisotopic (exact) mass is 420 g/mol. The van der Waals surface area contributed by atoms with Crippen molar-refractivity contribution >= 4 is 32.8 Å². The molecule has 0 saturated heterocycles. The van der Waals surface area contributed by atoms with Crippen molar-refractivity contribution in [2.24, 2.45) is 0 Å². The molecule has 0 radical (unpaired) electrons. The first-order chi connectivity index (χ1) is 12.5. The maximum absolute atomic E-state index is 14.4. The normalized spacial score (nSPS) is 10.7. The molecule has 0 fully saturated rings. The number of nitrogens with zero attached hydrogens (tertiary/aromatic N) is 1.